The number of fused-ring (bicyclic) bond motifs is 1. The van der Waals surface area contributed by atoms with Crippen LogP contribution in [0.2, 0.25) is 0 Å². The summed E-state index contributed by atoms with van der Waals surface area (Å²) in [5.41, 5.74) is 0.819. The lowest BCUT2D eigenvalue weighted by Gasteiger charge is -1.93. The molecular weight excluding hydrogens is 274 g/mol. The van der Waals surface area contributed by atoms with E-state index in [9.17, 15) is 0 Å². The first-order chi connectivity index (χ1) is 5.29. The fourth-order valence-corrected chi connectivity index (χ4v) is 1.66. The molecule has 2 aromatic heterocycles. The molecule has 3 nitrogen and oxygen atoms in total. The minimum Gasteiger partial charge on any atom is -0.290 e. The Labute approximate surface area is 79.7 Å². The molecule has 0 spiro atoms. The lowest BCUT2D eigenvalue weighted by molar-refractivity contribution is 1.09. The molecule has 2 aromatic rings. The third kappa shape index (κ3) is 1.08. The van der Waals surface area contributed by atoms with Gasteiger partial charge in [-0.2, -0.15) is 0 Å². The molecule has 5 heteroatoms. The predicted octanol–water partition coefficient (Wildman–Crippen LogP) is 2.25. The van der Waals surface area contributed by atoms with Crippen LogP contribution < -0.4 is 0 Å². The van der Waals surface area contributed by atoms with E-state index in [-0.39, 0.29) is 0 Å². The molecule has 0 amide bonds. The third-order valence-corrected chi connectivity index (χ3v) is 2.49. The van der Waals surface area contributed by atoms with Gasteiger partial charge < -0.3 is 0 Å². The van der Waals surface area contributed by atoms with Gasteiger partial charge in [-0.25, -0.2) is 9.97 Å². The van der Waals surface area contributed by atoms with E-state index < -0.39 is 0 Å². The zero-order valence-electron chi connectivity index (χ0n) is 5.33. The summed E-state index contributed by atoms with van der Waals surface area (Å²) >= 11 is 6.65. The number of aromatic nitrogens is 3. The first-order valence-corrected chi connectivity index (χ1v) is 4.50. The van der Waals surface area contributed by atoms with Crippen LogP contribution in [0.3, 0.4) is 0 Å². The molecule has 0 aliphatic heterocycles. The van der Waals surface area contributed by atoms with Crippen LogP contribution in [0.15, 0.2) is 27.8 Å². The maximum absolute atomic E-state index is 4.12. The highest BCUT2D eigenvalue weighted by molar-refractivity contribution is 9.10. The molecule has 0 bridgehead atoms. The Bertz CT molecular complexity index is 396. The van der Waals surface area contributed by atoms with E-state index in [1.807, 2.05) is 10.6 Å². The number of rotatable bonds is 0. The van der Waals surface area contributed by atoms with Crippen LogP contribution in [0, 0.1) is 0 Å². The molecule has 0 saturated carbocycles. The number of hydrogen-bond acceptors (Lipinski definition) is 2. The Morgan fingerprint density at radius 1 is 1.27 bits per heavy atom. The van der Waals surface area contributed by atoms with Crippen molar-refractivity contribution in [2.24, 2.45) is 0 Å². The molecule has 2 heterocycles. The molecule has 0 saturated heterocycles. The van der Waals surface area contributed by atoms with Gasteiger partial charge in [0.05, 0.1) is 6.20 Å². The molecule has 0 aromatic carbocycles. The van der Waals surface area contributed by atoms with Gasteiger partial charge in [-0.3, -0.25) is 4.40 Å². The Hall–Kier alpha value is -0.420. The first-order valence-electron chi connectivity index (χ1n) is 2.92. The molecule has 56 valence electrons. The predicted molar refractivity (Wildman–Crippen MR) is 48.4 cm³/mol. The molecular formula is C6H3Br2N3. The van der Waals surface area contributed by atoms with E-state index in [2.05, 4.69) is 41.8 Å². The van der Waals surface area contributed by atoms with Gasteiger partial charge in [0, 0.05) is 12.4 Å². The summed E-state index contributed by atoms with van der Waals surface area (Å²) < 4.78 is 3.58. The normalized spacial score (nSPS) is 10.7. The van der Waals surface area contributed by atoms with Crippen molar-refractivity contribution in [2.45, 2.75) is 0 Å². The largest absolute Gasteiger partial charge is 0.290 e. The number of nitrogens with zero attached hydrogens (tertiary/aromatic N) is 3. The smallest absolute Gasteiger partial charge is 0.171 e. The Kier molecular flexibility index (Phi) is 1.69. The molecule has 0 N–H and O–H groups in total. The molecule has 0 aliphatic rings. The summed E-state index contributed by atoms with van der Waals surface area (Å²) in [5.74, 6) is 0. The summed E-state index contributed by atoms with van der Waals surface area (Å²) in [6.07, 6.45) is 5.29. The second-order valence-electron chi connectivity index (χ2n) is 1.99. The summed E-state index contributed by atoms with van der Waals surface area (Å²) in [7, 11) is 0. The Balaban J connectivity index is 2.94. The van der Waals surface area contributed by atoms with E-state index in [0.717, 1.165) is 14.9 Å². The molecule has 0 atom stereocenters. The molecule has 0 unspecified atom stereocenters. The average Bonchev–Trinajstić information content (AvgIpc) is 2.35. The van der Waals surface area contributed by atoms with Crippen LogP contribution in [0.25, 0.3) is 5.65 Å². The summed E-state index contributed by atoms with van der Waals surface area (Å²) in [6, 6.07) is 0. The minimum absolute atomic E-state index is 0.755. The minimum atomic E-state index is 0.755. The van der Waals surface area contributed by atoms with Crippen molar-refractivity contribution in [1.29, 1.82) is 0 Å². The monoisotopic (exact) mass is 275 g/mol. The fraction of sp³-hybridized carbons (Fsp3) is 0. The quantitative estimate of drug-likeness (QED) is 0.739. The van der Waals surface area contributed by atoms with Crippen LogP contribution in [-0.4, -0.2) is 14.4 Å². The molecule has 11 heavy (non-hydrogen) atoms. The van der Waals surface area contributed by atoms with Gasteiger partial charge in [0.2, 0.25) is 0 Å². The lowest BCUT2D eigenvalue weighted by Crippen LogP contribution is -1.86. The van der Waals surface area contributed by atoms with Gasteiger partial charge in [-0.15, -0.1) is 0 Å². The van der Waals surface area contributed by atoms with Crippen molar-refractivity contribution in [1.82, 2.24) is 14.4 Å². The molecule has 0 aliphatic carbocycles. The second-order valence-corrected chi connectivity index (χ2v) is 3.56. The summed E-state index contributed by atoms with van der Waals surface area (Å²) in [6.45, 7) is 0. The highest BCUT2D eigenvalue weighted by atomic mass is 79.9. The second kappa shape index (κ2) is 2.57. The standard InChI is InChI=1S/C6H3Br2N3/c7-4-3-10-6-5(8)9-1-2-11(4)6/h1-3H. The van der Waals surface area contributed by atoms with E-state index in [4.69, 9.17) is 0 Å². The molecule has 0 fully saturated rings. The highest BCUT2D eigenvalue weighted by Crippen LogP contribution is 2.17. The molecule has 0 radical (unpaired) electrons. The van der Waals surface area contributed by atoms with Crippen molar-refractivity contribution in [2.75, 3.05) is 0 Å². The third-order valence-electron chi connectivity index (χ3n) is 1.34. The van der Waals surface area contributed by atoms with Crippen LogP contribution in [0.5, 0.6) is 0 Å². The van der Waals surface area contributed by atoms with Gasteiger partial charge >= 0.3 is 0 Å². The van der Waals surface area contributed by atoms with Crippen LogP contribution in [-0.2, 0) is 0 Å². The van der Waals surface area contributed by atoms with Crippen molar-refractivity contribution in [3.05, 3.63) is 27.8 Å². The van der Waals surface area contributed by atoms with Crippen molar-refractivity contribution in [3.63, 3.8) is 0 Å². The SMILES string of the molecule is Brc1nccn2c(Br)cnc12. The van der Waals surface area contributed by atoms with E-state index in [1.54, 1.807) is 12.4 Å². The van der Waals surface area contributed by atoms with Crippen LogP contribution >= 0.6 is 31.9 Å². The number of hydrogen-bond donors (Lipinski definition) is 0. The molecule has 2 rings (SSSR count). The van der Waals surface area contributed by atoms with Gasteiger partial charge in [0.1, 0.15) is 9.21 Å². The number of halogens is 2. The zero-order chi connectivity index (χ0) is 7.84. The van der Waals surface area contributed by atoms with E-state index in [1.165, 1.54) is 0 Å². The van der Waals surface area contributed by atoms with Gasteiger partial charge in [0.25, 0.3) is 0 Å². The van der Waals surface area contributed by atoms with Gasteiger partial charge in [0.15, 0.2) is 5.65 Å². The van der Waals surface area contributed by atoms with Gasteiger partial charge in [-0.05, 0) is 31.9 Å². The Morgan fingerprint density at radius 3 is 2.82 bits per heavy atom. The maximum Gasteiger partial charge on any atom is 0.171 e. The maximum atomic E-state index is 4.12. The van der Waals surface area contributed by atoms with Crippen molar-refractivity contribution in [3.8, 4) is 0 Å². The summed E-state index contributed by atoms with van der Waals surface area (Å²) in [4.78, 5) is 8.16. The fourth-order valence-electron chi connectivity index (χ4n) is 0.858. The lowest BCUT2D eigenvalue weighted by atomic mass is 10.7. The topological polar surface area (TPSA) is 30.2 Å². The van der Waals surface area contributed by atoms with Crippen LogP contribution in [0.1, 0.15) is 0 Å². The zero-order valence-corrected chi connectivity index (χ0v) is 8.50. The number of imidazole rings is 1. The first kappa shape index (κ1) is 7.24. The van der Waals surface area contributed by atoms with E-state index in [0.29, 0.717) is 0 Å². The van der Waals surface area contributed by atoms with Gasteiger partial charge in [-0.1, -0.05) is 0 Å². The van der Waals surface area contributed by atoms with Crippen LogP contribution in [0.4, 0.5) is 0 Å². The van der Waals surface area contributed by atoms with E-state index >= 15 is 0 Å². The summed E-state index contributed by atoms with van der Waals surface area (Å²) in [5, 5.41) is 0. The van der Waals surface area contributed by atoms with Crippen molar-refractivity contribution >= 4 is 37.5 Å². The Morgan fingerprint density at radius 2 is 2.09 bits per heavy atom. The van der Waals surface area contributed by atoms with Crippen molar-refractivity contribution < 1.29 is 0 Å². The average molecular weight is 277 g/mol. The highest BCUT2D eigenvalue weighted by Gasteiger charge is 2.02.